The number of benzene rings is 2. The molecule has 0 aliphatic rings. The van der Waals surface area contributed by atoms with E-state index >= 15 is 0 Å². The maximum atomic E-state index is 14.5. The highest BCUT2D eigenvalue weighted by Gasteiger charge is 2.18. The number of rotatable bonds is 7. The van der Waals surface area contributed by atoms with Crippen LogP contribution in [0.2, 0.25) is 0 Å². The van der Waals surface area contributed by atoms with Crippen molar-refractivity contribution in [3.05, 3.63) is 64.5 Å². The first-order valence-electron chi connectivity index (χ1n) is 9.94. The monoisotopic (exact) mass is 460 g/mol. The Labute approximate surface area is 187 Å². The summed E-state index contributed by atoms with van der Waals surface area (Å²) in [5.41, 5.74) is -0.384. The fraction of sp³-hybridized carbons (Fsp3) is 0.273. The van der Waals surface area contributed by atoms with Crippen LogP contribution in [0.4, 0.5) is 13.6 Å². The molecule has 7 nitrogen and oxygen atoms in total. The molecule has 3 aromatic rings. The van der Waals surface area contributed by atoms with Gasteiger partial charge in [-0.2, -0.15) is 0 Å². The van der Waals surface area contributed by atoms with E-state index in [0.29, 0.717) is 24.0 Å². The van der Waals surface area contributed by atoms with E-state index in [0.717, 1.165) is 34.9 Å². The summed E-state index contributed by atoms with van der Waals surface area (Å²) in [6.07, 6.45) is 0.771. The summed E-state index contributed by atoms with van der Waals surface area (Å²) < 4.78 is 28.9. The Kier molecular flexibility index (Phi) is 7.57. The smallest absolute Gasteiger partial charge is 0.321 e. The van der Waals surface area contributed by atoms with E-state index in [-0.39, 0.29) is 22.0 Å². The summed E-state index contributed by atoms with van der Waals surface area (Å²) in [7, 11) is 0. The molecule has 2 N–H and O–H groups in total. The number of halogens is 2. The molecule has 3 rings (SSSR count). The molecule has 10 heteroatoms. The number of thioether (sulfide) groups is 1. The number of nitrogens with zero attached hydrogens (tertiary/aromatic N) is 2. The summed E-state index contributed by atoms with van der Waals surface area (Å²) in [5.74, 6) is -2.18. The predicted molar refractivity (Wildman–Crippen MR) is 119 cm³/mol. The van der Waals surface area contributed by atoms with Crippen LogP contribution in [0.25, 0.3) is 16.6 Å². The summed E-state index contributed by atoms with van der Waals surface area (Å²) in [6, 6.07) is 8.72. The first kappa shape index (κ1) is 23.4. The zero-order valence-corrected chi connectivity index (χ0v) is 18.3. The van der Waals surface area contributed by atoms with Crippen molar-refractivity contribution in [2.24, 2.45) is 5.92 Å². The number of hydrogen-bond acceptors (Lipinski definition) is 5. The molecular formula is C22H22F2N4O3S. The van der Waals surface area contributed by atoms with E-state index in [1.807, 2.05) is 13.8 Å². The van der Waals surface area contributed by atoms with E-state index in [1.165, 1.54) is 0 Å². The molecule has 0 saturated carbocycles. The predicted octanol–water partition coefficient (Wildman–Crippen LogP) is 3.63. The van der Waals surface area contributed by atoms with Crippen LogP contribution in [0.5, 0.6) is 0 Å². The minimum Gasteiger partial charge on any atom is -0.338 e. The number of aromatic nitrogens is 2. The quantitative estimate of drug-likeness (QED) is 0.415. The third-order valence-electron chi connectivity index (χ3n) is 4.49. The summed E-state index contributed by atoms with van der Waals surface area (Å²) in [6.45, 7) is 4.46. The van der Waals surface area contributed by atoms with Crippen molar-refractivity contribution in [3.63, 3.8) is 0 Å². The van der Waals surface area contributed by atoms with Crippen molar-refractivity contribution in [2.75, 3.05) is 12.3 Å². The second kappa shape index (κ2) is 10.4. The molecule has 168 valence electrons. The number of urea groups is 1. The summed E-state index contributed by atoms with van der Waals surface area (Å²) in [4.78, 5) is 41.5. The number of carbonyl (C=O) groups is 2. The van der Waals surface area contributed by atoms with Crippen molar-refractivity contribution in [2.45, 2.75) is 25.4 Å². The SMILES string of the molecule is CC(C)CCNC(=O)NC(=O)CSc1nc2ccccc2c(=O)n1-c1ccc(F)cc1F. The molecule has 0 bridgehead atoms. The van der Waals surface area contributed by atoms with Gasteiger partial charge in [0.1, 0.15) is 11.6 Å². The molecule has 0 unspecified atom stereocenters. The Hall–Kier alpha value is -3.27. The third-order valence-corrected chi connectivity index (χ3v) is 5.43. The molecule has 1 heterocycles. The van der Waals surface area contributed by atoms with Gasteiger partial charge in [0.15, 0.2) is 5.16 Å². The Morgan fingerprint density at radius 2 is 1.91 bits per heavy atom. The van der Waals surface area contributed by atoms with Crippen molar-refractivity contribution in [1.82, 2.24) is 20.2 Å². The van der Waals surface area contributed by atoms with Gasteiger partial charge < -0.3 is 5.32 Å². The average Bonchev–Trinajstić information content (AvgIpc) is 2.73. The van der Waals surface area contributed by atoms with E-state index in [2.05, 4.69) is 15.6 Å². The fourth-order valence-electron chi connectivity index (χ4n) is 2.90. The van der Waals surface area contributed by atoms with Gasteiger partial charge in [-0.3, -0.25) is 19.5 Å². The fourth-order valence-corrected chi connectivity index (χ4v) is 3.70. The summed E-state index contributed by atoms with van der Waals surface area (Å²) >= 11 is 0.862. The molecule has 2 aromatic carbocycles. The lowest BCUT2D eigenvalue weighted by Gasteiger charge is -2.14. The van der Waals surface area contributed by atoms with Gasteiger partial charge in [0, 0.05) is 12.6 Å². The molecule has 3 amide bonds. The molecule has 1 aromatic heterocycles. The van der Waals surface area contributed by atoms with Crippen LogP contribution in [-0.2, 0) is 4.79 Å². The molecule has 0 fully saturated rings. The molecule has 0 atom stereocenters. The van der Waals surface area contributed by atoms with Crippen molar-refractivity contribution in [1.29, 1.82) is 0 Å². The normalized spacial score (nSPS) is 11.0. The van der Waals surface area contributed by atoms with E-state index in [9.17, 15) is 23.2 Å². The van der Waals surface area contributed by atoms with E-state index in [4.69, 9.17) is 0 Å². The zero-order chi connectivity index (χ0) is 23.3. The topological polar surface area (TPSA) is 93.1 Å². The van der Waals surface area contributed by atoms with Gasteiger partial charge in [0.2, 0.25) is 5.91 Å². The van der Waals surface area contributed by atoms with E-state index < -0.39 is 29.1 Å². The molecule has 0 spiro atoms. The van der Waals surface area contributed by atoms with Gasteiger partial charge >= 0.3 is 6.03 Å². The van der Waals surface area contributed by atoms with Gasteiger partial charge in [-0.25, -0.2) is 18.6 Å². The maximum Gasteiger partial charge on any atom is 0.321 e. The highest BCUT2D eigenvalue weighted by Crippen LogP contribution is 2.23. The van der Waals surface area contributed by atoms with Gasteiger partial charge in [0.05, 0.1) is 22.3 Å². The van der Waals surface area contributed by atoms with Crippen molar-refractivity contribution >= 4 is 34.6 Å². The lowest BCUT2D eigenvalue weighted by atomic mass is 10.1. The van der Waals surface area contributed by atoms with Gasteiger partial charge in [-0.05, 0) is 36.6 Å². The lowest BCUT2D eigenvalue weighted by Crippen LogP contribution is -2.41. The standard InChI is InChI=1S/C22H22F2N4O3S/c1-13(2)9-10-25-21(31)27-19(29)12-32-22-26-17-6-4-3-5-15(17)20(30)28(22)18-8-7-14(23)11-16(18)24/h3-8,11,13H,9-10,12H2,1-2H3,(H2,25,27,29,31). The first-order chi connectivity index (χ1) is 15.3. The number of fused-ring (bicyclic) bond motifs is 1. The molecule has 0 saturated heterocycles. The van der Waals surface area contributed by atoms with Gasteiger partial charge in [-0.1, -0.05) is 37.7 Å². The lowest BCUT2D eigenvalue weighted by molar-refractivity contribution is -0.117. The van der Waals surface area contributed by atoms with Crippen LogP contribution in [0.15, 0.2) is 52.4 Å². The molecule has 0 aliphatic heterocycles. The number of para-hydroxylation sites is 1. The Balaban J connectivity index is 1.85. The van der Waals surface area contributed by atoms with Crippen molar-refractivity contribution in [3.8, 4) is 5.69 Å². The highest BCUT2D eigenvalue weighted by atomic mass is 32.2. The molecule has 0 radical (unpaired) electrons. The van der Waals surface area contributed by atoms with Crippen LogP contribution in [-0.4, -0.2) is 33.8 Å². The van der Waals surface area contributed by atoms with Crippen LogP contribution in [0.1, 0.15) is 20.3 Å². The number of imide groups is 1. The second-order valence-corrected chi connectivity index (χ2v) is 8.37. The van der Waals surface area contributed by atoms with E-state index in [1.54, 1.807) is 24.3 Å². The largest absolute Gasteiger partial charge is 0.338 e. The van der Waals surface area contributed by atoms with Gasteiger partial charge in [0.25, 0.3) is 5.56 Å². The number of hydrogen-bond donors (Lipinski definition) is 2. The Morgan fingerprint density at radius 1 is 1.16 bits per heavy atom. The van der Waals surface area contributed by atoms with Crippen molar-refractivity contribution < 1.29 is 18.4 Å². The molecular weight excluding hydrogens is 438 g/mol. The summed E-state index contributed by atoms with van der Waals surface area (Å²) in [5, 5.41) is 5.08. The minimum absolute atomic E-state index is 0.0366. The first-order valence-corrected chi connectivity index (χ1v) is 10.9. The number of carbonyl (C=O) groups excluding carboxylic acids is 2. The average molecular weight is 461 g/mol. The van der Waals surface area contributed by atoms with Gasteiger partial charge in [-0.15, -0.1) is 0 Å². The molecule has 0 aliphatic carbocycles. The van der Waals surface area contributed by atoms with Crippen LogP contribution in [0, 0.1) is 17.6 Å². The number of nitrogens with one attached hydrogen (secondary N) is 2. The zero-order valence-electron chi connectivity index (χ0n) is 17.5. The maximum absolute atomic E-state index is 14.5. The van der Waals surface area contributed by atoms with Crippen LogP contribution in [0.3, 0.4) is 0 Å². The Bertz CT molecular complexity index is 1210. The Morgan fingerprint density at radius 3 is 2.62 bits per heavy atom. The molecule has 32 heavy (non-hydrogen) atoms. The number of amides is 3. The van der Waals surface area contributed by atoms with Crippen LogP contribution < -0.4 is 16.2 Å². The second-order valence-electron chi connectivity index (χ2n) is 7.42. The third kappa shape index (κ3) is 5.70. The minimum atomic E-state index is -0.944. The van der Waals surface area contributed by atoms with Crippen LogP contribution >= 0.6 is 11.8 Å². The highest BCUT2D eigenvalue weighted by molar-refractivity contribution is 7.99.